The first-order valence-corrected chi connectivity index (χ1v) is 7.10. The highest BCUT2D eigenvalue weighted by molar-refractivity contribution is 9.10. The molecule has 100 valence electrons. The van der Waals surface area contributed by atoms with Crippen molar-refractivity contribution >= 4 is 15.9 Å². The van der Waals surface area contributed by atoms with Crippen LogP contribution >= 0.6 is 15.9 Å². The predicted molar refractivity (Wildman–Crippen MR) is 82.9 cm³/mol. The van der Waals surface area contributed by atoms with Gasteiger partial charge in [-0.3, -0.25) is 0 Å². The number of rotatable bonds is 4. The average molecular weight is 320 g/mol. The summed E-state index contributed by atoms with van der Waals surface area (Å²) in [6.45, 7) is 4.18. The average Bonchev–Trinajstić information content (AvgIpc) is 2.42. The van der Waals surface area contributed by atoms with Crippen LogP contribution in [-0.4, -0.2) is 7.05 Å². The Balaban J connectivity index is 2.20. The Bertz CT molecular complexity index is 568. The maximum absolute atomic E-state index is 5.90. The molecule has 0 aliphatic carbocycles. The molecular formula is C16H18BrNO. The van der Waals surface area contributed by atoms with Crippen LogP contribution in [0.5, 0.6) is 11.5 Å². The number of ether oxygens (including phenoxy) is 1. The van der Waals surface area contributed by atoms with E-state index in [2.05, 4.69) is 47.2 Å². The zero-order valence-electron chi connectivity index (χ0n) is 11.4. The Labute approximate surface area is 122 Å². The fourth-order valence-electron chi connectivity index (χ4n) is 1.83. The van der Waals surface area contributed by atoms with Gasteiger partial charge in [0.25, 0.3) is 0 Å². The topological polar surface area (TPSA) is 21.3 Å². The van der Waals surface area contributed by atoms with Crippen molar-refractivity contribution in [3.63, 3.8) is 0 Å². The van der Waals surface area contributed by atoms with Crippen molar-refractivity contribution < 1.29 is 4.74 Å². The van der Waals surface area contributed by atoms with E-state index in [4.69, 9.17) is 4.74 Å². The molecule has 0 radical (unpaired) electrons. The Morgan fingerprint density at radius 1 is 1.11 bits per heavy atom. The molecule has 2 rings (SSSR count). The lowest BCUT2D eigenvalue weighted by atomic mass is 10.1. The lowest BCUT2D eigenvalue weighted by Crippen LogP contribution is -2.11. The van der Waals surface area contributed by atoms with E-state index in [1.54, 1.807) is 0 Å². The number of hydrogen-bond donors (Lipinski definition) is 1. The SMILES string of the molecule is CNC(C)c1cccc(Oc2ccc(Br)c(C)c2)c1. The number of hydrogen-bond acceptors (Lipinski definition) is 2. The van der Waals surface area contributed by atoms with E-state index in [0.29, 0.717) is 6.04 Å². The van der Waals surface area contributed by atoms with Gasteiger partial charge < -0.3 is 10.1 Å². The highest BCUT2D eigenvalue weighted by Gasteiger charge is 2.05. The molecule has 0 aromatic heterocycles. The summed E-state index contributed by atoms with van der Waals surface area (Å²) in [5, 5.41) is 3.23. The molecule has 0 aliphatic heterocycles. The van der Waals surface area contributed by atoms with E-state index in [9.17, 15) is 0 Å². The van der Waals surface area contributed by atoms with E-state index in [1.807, 2.05) is 37.4 Å². The molecule has 0 bridgehead atoms. The number of nitrogens with one attached hydrogen (secondary N) is 1. The molecule has 0 heterocycles. The van der Waals surface area contributed by atoms with Crippen LogP contribution in [0.3, 0.4) is 0 Å². The standard InChI is InChI=1S/C16H18BrNO/c1-11-9-15(7-8-16(11)17)19-14-6-4-5-13(10-14)12(2)18-3/h4-10,12,18H,1-3H3. The third-order valence-electron chi connectivity index (χ3n) is 3.16. The Hall–Kier alpha value is -1.32. The minimum absolute atomic E-state index is 0.315. The van der Waals surface area contributed by atoms with Gasteiger partial charge >= 0.3 is 0 Å². The van der Waals surface area contributed by atoms with Crippen LogP contribution < -0.4 is 10.1 Å². The van der Waals surface area contributed by atoms with E-state index < -0.39 is 0 Å². The lowest BCUT2D eigenvalue weighted by molar-refractivity contribution is 0.480. The van der Waals surface area contributed by atoms with Crippen LogP contribution in [0.2, 0.25) is 0 Å². The van der Waals surface area contributed by atoms with Gasteiger partial charge in [0.05, 0.1) is 0 Å². The summed E-state index contributed by atoms with van der Waals surface area (Å²) in [6.07, 6.45) is 0. The van der Waals surface area contributed by atoms with Crippen LogP contribution in [0, 0.1) is 6.92 Å². The van der Waals surface area contributed by atoms with Crippen molar-refractivity contribution in [2.24, 2.45) is 0 Å². The summed E-state index contributed by atoms with van der Waals surface area (Å²) < 4.78 is 7.00. The highest BCUT2D eigenvalue weighted by atomic mass is 79.9. The van der Waals surface area contributed by atoms with Gasteiger partial charge in [-0.15, -0.1) is 0 Å². The quantitative estimate of drug-likeness (QED) is 0.871. The number of aryl methyl sites for hydroxylation is 1. The first-order valence-electron chi connectivity index (χ1n) is 6.31. The molecule has 1 unspecified atom stereocenters. The lowest BCUT2D eigenvalue weighted by Gasteiger charge is -2.13. The smallest absolute Gasteiger partial charge is 0.127 e. The molecule has 19 heavy (non-hydrogen) atoms. The van der Waals surface area contributed by atoms with Crippen LogP contribution in [0.1, 0.15) is 24.1 Å². The van der Waals surface area contributed by atoms with Crippen molar-refractivity contribution in [2.45, 2.75) is 19.9 Å². The van der Waals surface area contributed by atoms with Crippen molar-refractivity contribution in [2.75, 3.05) is 7.05 Å². The van der Waals surface area contributed by atoms with Gasteiger partial charge in [0.2, 0.25) is 0 Å². The molecule has 0 fully saturated rings. The molecule has 0 saturated carbocycles. The summed E-state index contributed by atoms with van der Waals surface area (Å²) in [5.41, 5.74) is 2.38. The van der Waals surface area contributed by atoms with E-state index in [-0.39, 0.29) is 0 Å². The molecule has 0 aliphatic rings. The largest absolute Gasteiger partial charge is 0.457 e. The second-order valence-electron chi connectivity index (χ2n) is 4.60. The van der Waals surface area contributed by atoms with E-state index >= 15 is 0 Å². The Morgan fingerprint density at radius 2 is 1.84 bits per heavy atom. The molecule has 1 N–H and O–H groups in total. The normalized spacial score (nSPS) is 12.2. The van der Waals surface area contributed by atoms with Crippen LogP contribution in [0.25, 0.3) is 0 Å². The van der Waals surface area contributed by atoms with Gasteiger partial charge in [0.15, 0.2) is 0 Å². The third-order valence-corrected chi connectivity index (χ3v) is 4.05. The highest BCUT2D eigenvalue weighted by Crippen LogP contribution is 2.27. The maximum Gasteiger partial charge on any atom is 0.127 e. The first-order chi connectivity index (χ1) is 9.10. The Morgan fingerprint density at radius 3 is 2.53 bits per heavy atom. The summed E-state index contributed by atoms with van der Waals surface area (Å²) in [6, 6.07) is 14.5. The summed E-state index contributed by atoms with van der Waals surface area (Å²) >= 11 is 3.49. The van der Waals surface area contributed by atoms with E-state index in [1.165, 1.54) is 5.56 Å². The molecule has 0 saturated heterocycles. The molecule has 2 aromatic rings. The zero-order valence-corrected chi connectivity index (χ0v) is 13.0. The van der Waals surface area contributed by atoms with Gasteiger partial charge in [-0.25, -0.2) is 0 Å². The van der Waals surface area contributed by atoms with Gasteiger partial charge in [0, 0.05) is 10.5 Å². The van der Waals surface area contributed by atoms with Crippen molar-refractivity contribution in [1.82, 2.24) is 5.32 Å². The molecule has 1 atom stereocenters. The van der Waals surface area contributed by atoms with Gasteiger partial charge in [0.1, 0.15) is 11.5 Å². The second kappa shape index (κ2) is 6.22. The summed E-state index contributed by atoms with van der Waals surface area (Å²) in [5.74, 6) is 1.72. The Kier molecular flexibility index (Phi) is 4.61. The van der Waals surface area contributed by atoms with Gasteiger partial charge in [-0.1, -0.05) is 28.1 Å². The fraction of sp³-hybridized carbons (Fsp3) is 0.250. The molecule has 0 amide bonds. The molecule has 3 heteroatoms. The fourth-order valence-corrected chi connectivity index (χ4v) is 2.08. The van der Waals surface area contributed by atoms with Crippen molar-refractivity contribution in [3.05, 3.63) is 58.1 Å². The number of benzene rings is 2. The van der Waals surface area contributed by atoms with Crippen LogP contribution in [-0.2, 0) is 0 Å². The third kappa shape index (κ3) is 3.58. The van der Waals surface area contributed by atoms with E-state index in [0.717, 1.165) is 21.5 Å². The van der Waals surface area contributed by atoms with Crippen molar-refractivity contribution in [1.29, 1.82) is 0 Å². The number of halogens is 1. The maximum atomic E-state index is 5.90. The second-order valence-corrected chi connectivity index (χ2v) is 5.45. The molecule has 2 aromatic carbocycles. The molecule has 2 nitrogen and oxygen atoms in total. The van der Waals surface area contributed by atoms with Crippen molar-refractivity contribution in [3.8, 4) is 11.5 Å². The van der Waals surface area contributed by atoms with Crippen LogP contribution in [0.15, 0.2) is 46.9 Å². The first kappa shape index (κ1) is 14.1. The minimum atomic E-state index is 0.315. The zero-order chi connectivity index (χ0) is 13.8. The van der Waals surface area contributed by atoms with Gasteiger partial charge in [-0.05, 0) is 62.4 Å². The summed E-state index contributed by atoms with van der Waals surface area (Å²) in [4.78, 5) is 0. The monoisotopic (exact) mass is 319 g/mol. The molecule has 0 spiro atoms. The van der Waals surface area contributed by atoms with Crippen LogP contribution in [0.4, 0.5) is 0 Å². The predicted octanol–water partition coefficient (Wildman–Crippen LogP) is 4.83. The molecular weight excluding hydrogens is 302 g/mol. The van der Waals surface area contributed by atoms with Gasteiger partial charge in [-0.2, -0.15) is 0 Å². The minimum Gasteiger partial charge on any atom is -0.457 e. The summed E-state index contributed by atoms with van der Waals surface area (Å²) in [7, 11) is 1.95.